The molecule has 0 aliphatic heterocycles. The minimum absolute atomic E-state index is 0.0330. The summed E-state index contributed by atoms with van der Waals surface area (Å²) in [6.45, 7) is 6.04. The Labute approximate surface area is 238 Å². The van der Waals surface area contributed by atoms with Crippen molar-refractivity contribution in [1.82, 2.24) is 29.4 Å². The van der Waals surface area contributed by atoms with E-state index in [0.717, 1.165) is 25.7 Å². The van der Waals surface area contributed by atoms with Crippen molar-refractivity contribution in [2.75, 3.05) is 29.9 Å². The summed E-state index contributed by atoms with van der Waals surface area (Å²) in [6.07, 6.45) is 4.95. The van der Waals surface area contributed by atoms with Gasteiger partial charge in [0.25, 0.3) is 5.56 Å². The van der Waals surface area contributed by atoms with E-state index in [1.165, 1.54) is 12.1 Å². The lowest BCUT2D eigenvalue weighted by Gasteiger charge is -2.32. The van der Waals surface area contributed by atoms with Crippen molar-refractivity contribution in [2.24, 2.45) is 0 Å². The molecule has 3 aromatic rings. The number of aromatic nitrogens is 5. The quantitative estimate of drug-likeness (QED) is 0.355. The first kappa shape index (κ1) is 30.7. The molecule has 3 aromatic heterocycles. The topological polar surface area (TPSA) is 135 Å². The van der Waals surface area contributed by atoms with Crippen molar-refractivity contribution >= 4 is 33.0 Å². The molecule has 0 saturated heterocycles. The van der Waals surface area contributed by atoms with Crippen LogP contribution in [0.2, 0.25) is 0 Å². The van der Waals surface area contributed by atoms with Crippen molar-refractivity contribution in [3.63, 3.8) is 0 Å². The molecule has 0 bridgehead atoms. The van der Waals surface area contributed by atoms with Gasteiger partial charge in [0, 0.05) is 35.8 Å². The van der Waals surface area contributed by atoms with Crippen LogP contribution in [-0.2, 0) is 10.0 Å². The Hall–Kier alpha value is -3.26. The van der Waals surface area contributed by atoms with Crippen molar-refractivity contribution in [1.29, 1.82) is 0 Å². The number of aryl methyl sites for hydroxylation is 1. The highest BCUT2D eigenvalue weighted by molar-refractivity contribution is 7.92. The zero-order chi connectivity index (χ0) is 30.1. The monoisotopic (exact) mass is 592 g/mol. The Morgan fingerprint density at radius 2 is 1.80 bits per heavy atom. The number of alkyl halides is 2. The maximum absolute atomic E-state index is 13.7. The van der Waals surface area contributed by atoms with Gasteiger partial charge in [-0.25, -0.2) is 32.2 Å². The van der Waals surface area contributed by atoms with E-state index in [0.29, 0.717) is 41.3 Å². The third-order valence-electron chi connectivity index (χ3n) is 7.32. The molecule has 1 saturated carbocycles. The van der Waals surface area contributed by atoms with Gasteiger partial charge in [0.15, 0.2) is 5.65 Å². The molecule has 1 fully saturated rings. The number of sulfonamides is 1. The standard InChI is InChI=1S/C27H38F2N8O3S/c1-16(2)37-24-21(15-30-26(34-24)32-18-7-9-19(10-8-18)36(5)6)33-23(25(37)38)20-11-12-22(31-17(20)3)35-41(39,40)14-13-27(4,28)29/h11-12,15-16,18-19H,7-10,13-14H2,1-6H3,(H,31,35)(H,30,32,34). The van der Waals surface area contributed by atoms with Crippen LogP contribution >= 0.6 is 0 Å². The van der Waals surface area contributed by atoms with Crippen LogP contribution in [-0.4, -0.2) is 75.7 Å². The molecule has 4 rings (SSSR count). The van der Waals surface area contributed by atoms with Gasteiger partial charge in [0.1, 0.15) is 17.0 Å². The summed E-state index contributed by atoms with van der Waals surface area (Å²) in [6, 6.07) is 3.50. The predicted octanol–water partition coefficient (Wildman–Crippen LogP) is 4.21. The van der Waals surface area contributed by atoms with Gasteiger partial charge in [0.05, 0.1) is 11.9 Å². The van der Waals surface area contributed by atoms with Gasteiger partial charge >= 0.3 is 0 Å². The first-order valence-electron chi connectivity index (χ1n) is 13.7. The average molecular weight is 593 g/mol. The number of rotatable bonds is 10. The van der Waals surface area contributed by atoms with E-state index in [4.69, 9.17) is 0 Å². The smallest absolute Gasteiger partial charge is 0.279 e. The molecule has 0 amide bonds. The first-order chi connectivity index (χ1) is 19.1. The van der Waals surface area contributed by atoms with E-state index in [1.807, 2.05) is 13.8 Å². The Morgan fingerprint density at radius 1 is 1.12 bits per heavy atom. The summed E-state index contributed by atoms with van der Waals surface area (Å²) in [5.74, 6) is -3.44. The predicted molar refractivity (Wildman–Crippen MR) is 156 cm³/mol. The number of hydrogen-bond donors (Lipinski definition) is 2. The molecule has 11 nitrogen and oxygen atoms in total. The van der Waals surface area contributed by atoms with Gasteiger partial charge in [-0.3, -0.25) is 14.1 Å². The zero-order valence-corrected chi connectivity index (χ0v) is 25.1. The second-order valence-electron chi connectivity index (χ2n) is 11.3. The van der Waals surface area contributed by atoms with Gasteiger partial charge < -0.3 is 10.2 Å². The molecule has 0 aromatic carbocycles. The van der Waals surface area contributed by atoms with E-state index in [9.17, 15) is 22.0 Å². The Morgan fingerprint density at radius 3 is 2.39 bits per heavy atom. The van der Waals surface area contributed by atoms with Crippen LogP contribution in [0, 0.1) is 6.92 Å². The summed E-state index contributed by atoms with van der Waals surface area (Å²) >= 11 is 0. The molecule has 1 aliphatic rings. The fourth-order valence-corrected chi connectivity index (χ4v) is 6.20. The molecular formula is C27H38F2N8O3S. The molecule has 0 atom stereocenters. The van der Waals surface area contributed by atoms with Gasteiger partial charge in [-0.2, -0.15) is 4.98 Å². The third-order valence-corrected chi connectivity index (χ3v) is 8.58. The van der Waals surface area contributed by atoms with E-state index in [1.54, 1.807) is 17.7 Å². The maximum atomic E-state index is 13.7. The largest absolute Gasteiger partial charge is 0.351 e. The lowest BCUT2D eigenvalue weighted by molar-refractivity contribution is 0.0189. The summed E-state index contributed by atoms with van der Waals surface area (Å²) < 4.78 is 54.6. The highest BCUT2D eigenvalue weighted by atomic mass is 32.2. The molecule has 3 heterocycles. The molecule has 0 spiro atoms. The minimum Gasteiger partial charge on any atom is -0.351 e. The third kappa shape index (κ3) is 7.53. The van der Waals surface area contributed by atoms with Crippen LogP contribution < -0.4 is 15.6 Å². The molecule has 1 aliphatic carbocycles. The minimum atomic E-state index is -4.04. The van der Waals surface area contributed by atoms with Crippen LogP contribution in [0.4, 0.5) is 20.5 Å². The zero-order valence-electron chi connectivity index (χ0n) is 24.3. The average Bonchev–Trinajstić information content (AvgIpc) is 2.87. The van der Waals surface area contributed by atoms with E-state index in [-0.39, 0.29) is 29.2 Å². The Balaban J connectivity index is 1.62. The molecular weight excluding hydrogens is 554 g/mol. The number of anilines is 2. The highest BCUT2D eigenvalue weighted by Gasteiger charge is 2.26. The summed E-state index contributed by atoms with van der Waals surface area (Å²) in [5.41, 5.74) is 1.36. The number of halogens is 2. The second kappa shape index (κ2) is 11.9. The van der Waals surface area contributed by atoms with Crippen LogP contribution in [0.15, 0.2) is 23.1 Å². The van der Waals surface area contributed by atoms with Gasteiger partial charge in [-0.05, 0) is 79.6 Å². The van der Waals surface area contributed by atoms with Crippen LogP contribution in [0.5, 0.6) is 0 Å². The van der Waals surface area contributed by atoms with Gasteiger partial charge in [-0.15, -0.1) is 0 Å². The SMILES string of the molecule is Cc1nc(NS(=O)(=O)CCC(C)(F)F)ccc1-c1nc2cnc(NC3CCC(N(C)C)CC3)nc2n(C(C)C)c1=O. The molecule has 14 heteroatoms. The molecule has 224 valence electrons. The van der Waals surface area contributed by atoms with Gasteiger partial charge in [0.2, 0.25) is 21.9 Å². The van der Waals surface area contributed by atoms with E-state index in [2.05, 4.69) is 49.0 Å². The Bertz CT molecular complexity index is 1560. The number of nitrogens with zero attached hydrogens (tertiary/aromatic N) is 6. The van der Waals surface area contributed by atoms with Crippen LogP contribution in [0.3, 0.4) is 0 Å². The lowest BCUT2D eigenvalue weighted by atomic mass is 9.91. The van der Waals surface area contributed by atoms with E-state index >= 15 is 0 Å². The molecule has 0 unspecified atom stereocenters. The fraction of sp³-hybridized carbons (Fsp3) is 0.593. The highest BCUT2D eigenvalue weighted by Crippen LogP contribution is 2.26. The number of pyridine rings is 1. The molecule has 2 N–H and O–H groups in total. The summed E-state index contributed by atoms with van der Waals surface area (Å²) in [5, 5.41) is 3.42. The number of nitrogens with one attached hydrogen (secondary N) is 2. The lowest BCUT2D eigenvalue weighted by Crippen LogP contribution is -2.36. The normalized spacial score (nSPS) is 18.3. The van der Waals surface area contributed by atoms with Crippen molar-refractivity contribution in [2.45, 2.75) is 83.8 Å². The summed E-state index contributed by atoms with van der Waals surface area (Å²) in [4.78, 5) is 33.9. The first-order valence-corrected chi connectivity index (χ1v) is 15.4. The van der Waals surface area contributed by atoms with Crippen molar-refractivity contribution in [3.8, 4) is 11.3 Å². The number of fused-ring (bicyclic) bond motifs is 1. The molecule has 0 radical (unpaired) electrons. The molecule has 41 heavy (non-hydrogen) atoms. The van der Waals surface area contributed by atoms with Gasteiger partial charge in [-0.1, -0.05) is 0 Å². The van der Waals surface area contributed by atoms with Crippen molar-refractivity contribution < 1.29 is 17.2 Å². The Kier molecular flexibility index (Phi) is 8.93. The maximum Gasteiger partial charge on any atom is 0.279 e. The summed E-state index contributed by atoms with van der Waals surface area (Å²) in [7, 11) is 0.167. The number of hydrogen-bond acceptors (Lipinski definition) is 9. The van der Waals surface area contributed by atoms with Crippen LogP contribution in [0.1, 0.15) is 64.6 Å². The van der Waals surface area contributed by atoms with Crippen molar-refractivity contribution in [3.05, 3.63) is 34.4 Å². The second-order valence-corrected chi connectivity index (χ2v) is 13.2. The van der Waals surface area contributed by atoms with E-state index < -0.39 is 28.1 Å². The van der Waals surface area contributed by atoms with Crippen LogP contribution in [0.25, 0.3) is 22.4 Å². The fourth-order valence-electron chi connectivity index (χ4n) is 5.04.